The van der Waals surface area contributed by atoms with Crippen molar-refractivity contribution in [3.05, 3.63) is 102 Å². The van der Waals surface area contributed by atoms with Crippen LogP contribution in [0.5, 0.6) is 11.5 Å². The van der Waals surface area contributed by atoms with Gasteiger partial charge in [-0.15, -0.1) is 0 Å². The highest BCUT2D eigenvalue weighted by molar-refractivity contribution is 6.07. The molecule has 0 aliphatic rings. The fourth-order valence-electron chi connectivity index (χ4n) is 2.97. The van der Waals surface area contributed by atoms with Gasteiger partial charge in [0.2, 0.25) is 0 Å². The fraction of sp³-hybridized carbons (Fsp3) is 0.0417. The van der Waals surface area contributed by atoms with Gasteiger partial charge in [0.05, 0.1) is 5.69 Å². The largest absolute Gasteiger partial charge is 0.506 e. The molecule has 0 spiro atoms. The minimum absolute atomic E-state index is 0.0387. The molecule has 0 heterocycles. The molecule has 0 saturated heterocycles. The van der Waals surface area contributed by atoms with E-state index in [0.29, 0.717) is 17.9 Å². The maximum Gasteiger partial charge on any atom is 0.255 e. The second kappa shape index (κ2) is 7.84. The van der Waals surface area contributed by atoms with Gasteiger partial charge in [-0.05, 0) is 52.7 Å². The highest BCUT2D eigenvalue weighted by Crippen LogP contribution is 2.25. The predicted molar refractivity (Wildman–Crippen MR) is 111 cm³/mol. The third-order valence-electron chi connectivity index (χ3n) is 4.47. The average Bonchev–Trinajstić information content (AvgIpc) is 2.74. The molecule has 0 radical (unpaired) electrons. The van der Waals surface area contributed by atoms with Gasteiger partial charge in [0.15, 0.2) is 0 Å². The maximum atomic E-state index is 12.5. The Morgan fingerprint density at radius 2 is 1.54 bits per heavy atom. The van der Waals surface area contributed by atoms with Crippen molar-refractivity contribution in [1.29, 1.82) is 0 Å². The molecule has 138 valence electrons. The van der Waals surface area contributed by atoms with Crippen molar-refractivity contribution in [2.75, 3.05) is 5.32 Å². The Hall–Kier alpha value is -3.79. The summed E-state index contributed by atoms with van der Waals surface area (Å²) < 4.78 is 5.86. The van der Waals surface area contributed by atoms with E-state index in [-0.39, 0.29) is 11.7 Å². The number of phenols is 1. The highest BCUT2D eigenvalue weighted by atomic mass is 16.5. The van der Waals surface area contributed by atoms with Crippen molar-refractivity contribution >= 4 is 22.4 Å². The van der Waals surface area contributed by atoms with Crippen molar-refractivity contribution in [2.24, 2.45) is 0 Å². The van der Waals surface area contributed by atoms with Crippen molar-refractivity contribution in [3.63, 3.8) is 0 Å². The number of nitrogens with one attached hydrogen (secondary N) is 1. The van der Waals surface area contributed by atoms with E-state index in [0.717, 1.165) is 22.1 Å². The summed E-state index contributed by atoms with van der Waals surface area (Å²) in [4.78, 5) is 12.5. The Bertz CT molecular complexity index is 1120. The molecule has 0 fully saturated rings. The third kappa shape index (κ3) is 3.96. The normalized spacial score (nSPS) is 10.6. The van der Waals surface area contributed by atoms with Gasteiger partial charge in [0.1, 0.15) is 18.1 Å². The van der Waals surface area contributed by atoms with Gasteiger partial charge in [0, 0.05) is 5.56 Å². The summed E-state index contributed by atoms with van der Waals surface area (Å²) in [6, 6.07) is 27.9. The van der Waals surface area contributed by atoms with E-state index in [2.05, 4.69) is 5.32 Å². The van der Waals surface area contributed by atoms with Crippen molar-refractivity contribution < 1.29 is 14.6 Å². The van der Waals surface area contributed by atoms with Gasteiger partial charge in [0.25, 0.3) is 5.91 Å². The van der Waals surface area contributed by atoms with E-state index in [9.17, 15) is 9.90 Å². The minimum Gasteiger partial charge on any atom is -0.506 e. The molecule has 0 saturated carbocycles. The van der Waals surface area contributed by atoms with Gasteiger partial charge in [-0.3, -0.25) is 4.79 Å². The summed E-state index contributed by atoms with van der Waals surface area (Å²) in [5, 5.41) is 14.5. The van der Waals surface area contributed by atoms with Crippen LogP contribution in [0.4, 0.5) is 5.69 Å². The molecule has 0 bridgehead atoms. The first kappa shape index (κ1) is 17.6. The van der Waals surface area contributed by atoms with Gasteiger partial charge >= 0.3 is 0 Å². The monoisotopic (exact) mass is 369 g/mol. The zero-order chi connectivity index (χ0) is 19.3. The van der Waals surface area contributed by atoms with Crippen molar-refractivity contribution in [2.45, 2.75) is 6.61 Å². The van der Waals surface area contributed by atoms with Crippen LogP contribution < -0.4 is 10.1 Å². The molecule has 4 nitrogen and oxygen atoms in total. The standard InChI is InChI=1S/C24H19NO3/c26-23-9-5-4-8-22(23)25-24(27)20-11-10-19-15-21(13-12-18(19)14-20)28-16-17-6-2-1-3-7-17/h1-15,26H,16H2,(H,25,27). The van der Waals surface area contributed by atoms with E-state index in [4.69, 9.17) is 4.74 Å². The van der Waals surface area contributed by atoms with E-state index in [1.807, 2.05) is 60.7 Å². The predicted octanol–water partition coefficient (Wildman–Crippen LogP) is 5.38. The summed E-state index contributed by atoms with van der Waals surface area (Å²) in [5.41, 5.74) is 2.02. The number of benzene rings is 4. The van der Waals surface area contributed by atoms with Crippen LogP contribution in [0, 0.1) is 0 Å². The summed E-state index contributed by atoms with van der Waals surface area (Å²) in [5.74, 6) is 0.549. The number of amides is 1. The molecule has 4 aromatic carbocycles. The number of hydrogen-bond donors (Lipinski definition) is 2. The minimum atomic E-state index is -0.271. The molecular formula is C24H19NO3. The number of para-hydroxylation sites is 2. The summed E-state index contributed by atoms with van der Waals surface area (Å²) in [6.07, 6.45) is 0. The number of ether oxygens (including phenoxy) is 1. The first-order valence-electron chi connectivity index (χ1n) is 8.99. The molecule has 0 atom stereocenters. The number of rotatable bonds is 5. The Morgan fingerprint density at radius 3 is 2.36 bits per heavy atom. The van der Waals surface area contributed by atoms with Gasteiger partial charge in [-0.25, -0.2) is 0 Å². The number of phenolic OH excluding ortho intramolecular Hbond substituents is 1. The second-order valence-electron chi connectivity index (χ2n) is 6.47. The lowest BCUT2D eigenvalue weighted by Gasteiger charge is -2.10. The first-order chi connectivity index (χ1) is 13.7. The Balaban J connectivity index is 1.50. The van der Waals surface area contributed by atoms with E-state index in [1.165, 1.54) is 6.07 Å². The highest BCUT2D eigenvalue weighted by Gasteiger charge is 2.09. The van der Waals surface area contributed by atoms with Crippen molar-refractivity contribution in [3.8, 4) is 11.5 Å². The van der Waals surface area contributed by atoms with Crippen LogP contribution in [0.1, 0.15) is 15.9 Å². The lowest BCUT2D eigenvalue weighted by atomic mass is 10.1. The Labute approximate surface area is 163 Å². The number of hydrogen-bond acceptors (Lipinski definition) is 3. The number of aromatic hydroxyl groups is 1. The average molecular weight is 369 g/mol. The number of carbonyl (C=O) groups excluding carboxylic acids is 1. The van der Waals surface area contributed by atoms with Crippen LogP contribution in [0.25, 0.3) is 10.8 Å². The summed E-state index contributed by atoms with van der Waals surface area (Å²) in [7, 11) is 0. The number of carbonyl (C=O) groups is 1. The smallest absolute Gasteiger partial charge is 0.255 e. The zero-order valence-corrected chi connectivity index (χ0v) is 15.1. The van der Waals surface area contributed by atoms with Crippen molar-refractivity contribution in [1.82, 2.24) is 0 Å². The van der Waals surface area contributed by atoms with E-state index >= 15 is 0 Å². The Kier molecular flexibility index (Phi) is 4.93. The summed E-state index contributed by atoms with van der Waals surface area (Å²) >= 11 is 0. The maximum absolute atomic E-state index is 12.5. The molecule has 0 aliphatic heterocycles. The topological polar surface area (TPSA) is 58.6 Å². The first-order valence-corrected chi connectivity index (χ1v) is 8.99. The molecule has 0 aliphatic carbocycles. The molecule has 4 heteroatoms. The van der Waals surface area contributed by atoms with Crippen LogP contribution in [-0.4, -0.2) is 11.0 Å². The van der Waals surface area contributed by atoms with Gasteiger partial charge in [-0.1, -0.05) is 54.6 Å². The molecule has 0 unspecified atom stereocenters. The SMILES string of the molecule is O=C(Nc1ccccc1O)c1ccc2cc(OCc3ccccc3)ccc2c1. The third-order valence-corrected chi connectivity index (χ3v) is 4.47. The number of anilines is 1. The van der Waals surface area contributed by atoms with Crippen LogP contribution in [0.15, 0.2) is 91.0 Å². The van der Waals surface area contributed by atoms with Crippen LogP contribution >= 0.6 is 0 Å². The van der Waals surface area contributed by atoms with Crippen LogP contribution in [-0.2, 0) is 6.61 Å². The second-order valence-corrected chi connectivity index (χ2v) is 6.47. The molecule has 1 amide bonds. The zero-order valence-electron chi connectivity index (χ0n) is 15.1. The molecular weight excluding hydrogens is 350 g/mol. The van der Waals surface area contributed by atoms with E-state index in [1.54, 1.807) is 24.3 Å². The molecule has 4 rings (SSSR count). The fourth-order valence-corrected chi connectivity index (χ4v) is 2.97. The van der Waals surface area contributed by atoms with E-state index < -0.39 is 0 Å². The van der Waals surface area contributed by atoms with Crippen LogP contribution in [0.2, 0.25) is 0 Å². The number of fused-ring (bicyclic) bond motifs is 1. The van der Waals surface area contributed by atoms with Crippen LogP contribution in [0.3, 0.4) is 0 Å². The summed E-state index contributed by atoms with van der Waals surface area (Å²) in [6.45, 7) is 0.507. The quantitative estimate of drug-likeness (QED) is 0.465. The Morgan fingerprint density at radius 1 is 0.821 bits per heavy atom. The van der Waals surface area contributed by atoms with Gasteiger partial charge < -0.3 is 15.2 Å². The molecule has 4 aromatic rings. The van der Waals surface area contributed by atoms with Gasteiger partial charge in [-0.2, -0.15) is 0 Å². The molecule has 28 heavy (non-hydrogen) atoms. The lowest BCUT2D eigenvalue weighted by Crippen LogP contribution is -2.11. The lowest BCUT2D eigenvalue weighted by molar-refractivity contribution is 0.102. The molecule has 2 N–H and O–H groups in total. The molecule has 0 aromatic heterocycles.